The molecule has 3 aromatic rings. The molecule has 1 aromatic carbocycles. The van der Waals surface area contributed by atoms with Crippen molar-refractivity contribution < 1.29 is 4.42 Å². The van der Waals surface area contributed by atoms with Crippen LogP contribution in [0.5, 0.6) is 0 Å². The summed E-state index contributed by atoms with van der Waals surface area (Å²) in [5, 5.41) is 1.17. The van der Waals surface area contributed by atoms with E-state index in [1.54, 1.807) is 6.26 Å². The van der Waals surface area contributed by atoms with E-state index in [1.807, 2.05) is 24.3 Å². The van der Waals surface area contributed by atoms with Crippen molar-refractivity contribution in [3.8, 4) is 11.5 Å². The van der Waals surface area contributed by atoms with Gasteiger partial charge in [0.25, 0.3) is 0 Å². The maximum Gasteiger partial charge on any atom is 0.154 e. The average Bonchev–Trinajstić information content (AvgIpc) is 3.20. The molecule has 0 bridgehead atoms. The lowest BCUT2D eigenvalue weighted by Gasteiger charge is -2.21. The van der Waals surface area contributed by atoms with E-state index in [1.165, 1.54) is 18.2 Å². The van der Waals surface area contributed by atoms with Gasteiger partial charge in [-0.1, -0.05) is 18.2 Å². The monoisotopic (exact) mass is 264 g/mol. The Labute approximate surface area is 117 Å². The number of para-hydroxylation sites is 1. The van der Waals surface area contributed by atoms with Crippen molar-refractivity contribution in [3.63, 3.8) is 0 Å². The minimum atomic E-state index is 0.645. The van der Waals surface area contributed by atoms with Crippen molar-refractivity contribution in [3.05, 3.63) is 48.7 Å². The molecule has 20 heavy (non-hydrogen) atoms. The number of fused-ring (bicyclic) bond motifs is 1. The van der Waals surface area contributed by atoms with Crippen molar-refractivity contribution in [1.82, 2.24) is 4.98 Å². The summed E-state index contributed by atoms with van der Waals surface area (Å²) in [6, 6.07) is 15.0. The van der Waals surface area contributed by atoms with Gasteiger partial charge in [0.1, 0.15) is 5.69 Å². The standard InChI is InChI=1S/C17H16N2O/c1-19(13-8-9-13)15-11-12-5-2-3-6-14(12)18-17(15)16-7-4-10-20-16/h2-7,10-11,13H,8-9H2,1H3. The van der Waals surface area contributed by atoms with Crippen LogP contribution in [0.15, 0.2) is 53.1 Å². The number of nitrogens with zero attached hydrogens (tertiary/aromatic N) is 2. The first-order valence-corrected chi connectivity index (χ1v) is 6.99. The Kier molecular flexibility index (Phi) is 2.52. The number of rotatable bonds is 3. The van der Waals surface area contributed by atoms with Gasteiger partial charge >= 0.3 is 0 Å². The van der Waals surface area contributed by atoms with Crippen LogP contribution in [-0.2, 0) is 0 Å². The third-order valence-corrected chi connectivity index (χ3v) is 3.93. The molecule has 0 atom stereocenters. The smallest absolute Gasteiger partial charge is 0.154 e. The number of hydrogen-bond donors (Lipinski definition) is 0. The highest BCUT2D eigenvalue weighted by Crippen LogP contribution is 2.37. The number of hydrogen-bond acceptors (Lipinski definition) is 3. The van der Waals surface area contributed by atoms with Crippen molar-refractivity contribution in [1.29, 1.82) is 0 Å². The predicted octanol–water partition coefficient (Wildman–Crippen LogP) is 4.09. The zero-order chi connectivity index (χ0) is 13.5. The van der Waals surface area contributed by atoms with Gasteiger partial charge in [-0.3, -0.25) is 0 Å². The summed E-state index contributed by atoms with van der Waals surface area (Å²) in [5.41, 5.74) is 3.09. The van der Waals surface area contributed by atoms with Gasteiger partial charge in [0, 0.05) is 18.5 Å². The van der Waals surface area contributed by atoms with Crippen LogP contribution in [0, 0.1) is 0 Å². The van der Waals surface area contributed by atoms with Crippen LogP contribution in [0.3, 0.4) is 0 Å². The molecule has 0 saturated heterocycles. The van der Waals surface area contributed by atoms with E-state index in [0.29, 0.717) is 6.04 Å². The highest BCUT2D eigenvalue weighted by Gasteiger charge is 2.29. The summed E-state index contributed by atoms with van der Waals surface area (Å²) in [7, 11) is 2.15. The van der Waals surface area contributed by atoms with Crippen molar-refractivity contribution >= 4 is 16.6 Å². The van der Waals surface area contributed by atoms with Crippen LogP contribution < -0.4 is 4.90 Å². The lowest BCUT2D eigenvalue weighted by atomic mass is 10.1. The molecule has 1 aliphatic rings. The summed E-state index contributed by atoms with van der Waals surface area (Å²) in [4.78, 5) is 7.14. The zero-order valence-electron chi connectivity index (χ0n) is 11.4. The largest absolute Gasteiger partial charge is 0.463 e. The molecule has 1 saturated carbocycles. The zero-order valence-corrected chi connectivity index (χ0v) is 11.4. The third kappa shape index (κ3) is 1.86. The Morgan fingerprint density at radius 1 is 1.15 bits per heavy atom. The summed E-state index contributed by atoms with van der Waals surface area (Å²) in [6.45, 7) is 0. The van der Waals surface area contributed by atoms with Gasteiger partial charge in [-0.25, -0.2) is 4.98 Å². The Morgan fingerprint density at radius 2 is 2.00 bits per heavy atom. The quantitative estimate of drug-likeness (QED) is 0.713. The first kappa shape index (κ1) is 11.5. The van der Waals surface area contributed by atoms with Crippen LogP contribution in [0.2, 0.25) is 0 Å². The van der Waals surface area contributed by atoms with E-state index in [4.69, 9.17) is 9.40 Å². The van der Waals surface area contributed by atoms with Gasteiger partial charge in [0.15, 0.2) is 5.76 Å². The van der Waals surface area contributed by atoms with E-state index in [9.17, 15) is 0 Å². The number of furan rings is 1. The number of anilines is 1. The van der Waals surface area contributed by atoms with E-state index in [-0.39, 0.29) is 0 Å². The predicted molar refractivity (Wildman–Crippen MR) is 80.9 cm³/mol. The van der Waals surface area contributed by atoms with E-state index in [0.717, 1.165) is 22.7 Å². The highest BCUT2D eigenvalue weighted by atomic mass is 16.3. The van der Waals surface area contributed by atoms with Gasteiger partial charge in [-0.05, 0) is 37.1 Å². The Balaban J connectivity index is 1.95. The van der Waals surface area contributed by atoms with Crippen LogP contribution in [-0.4, -0.2) is 18.1 Å². The molecule has 0 radical (unpaired) electrons. The molecule has 4 rings (SSSR count). The molecule has 1 fully saturated rings. The minimum Gasteiger partial charge on any atom is -0.463 e. The Bertz CT molecular complexity index is 745. The fourth-order valence-corrected chi connectivity index (χ4v) is 2.63. The second-order valence-electron chi connectivity index (χ2n) is 5.37. The van der Waals surface area contributed by atoms with Crippen LogP contribution >= 0.6 is 0 Å². The SMILES string of the molecule is CN(c1cc2ccccc2nc1-c1ccco1)C1CC1. The topological polar surface area (TPSA) is 29.3 Å². The van der Waals surface area contributed by atoms with Crippen molar-refractivity contribution in [2.24, 2.45) is 0 Å². The van der Waals surface area contributed by atoms with Gasteiger partial charge in [-0.15, -0.1) is 0 Å². The molecule has 0 N–H and O–H groups in total. The van der Waals surface area contributed by atoms with Gasteiger partial charge < -0.3 is 9.32 Å². The maximum atomic E-state index is 5.57. The fraction of sp³-hybridized carbons (Fsp3) is 0.235. The molecule has 2 heterocycles. The van der Waals surface area contributed by atoms with E-state index >= 15 is 0 Å². The summed E-state index contributed by atoms with van der Waals surface area (Å²) in [6.07, 6.45) is 4.23. The van der Waals surface area contributed by atoms with Crippen LogP contribution in [0.25, 0.3) is 22.4 Å². The second kappa shape index (κ2) is 4.37. The number of benzene rings is 1. The molecule has 0 amide bonds. The molecule has 2 aromatic heterocycles. The number of aromatic nitrogens is 1. The van der Waals surface area contributed by atoms with Crippen LogP contribution in [0.1, 0.15) is 12.8 Å². The van der Waals surface area contributed by atoms with E-state index in [2.05, 4.69) is 30.1 Å². The maximum absolute atomic E-state index is 5.57. The summed E-state index contributed by atoms with van der Waals surface area (Å²) < 4.78 is 5.57. The van der Waals surface area contributed by atoms with Gasteiger partial charge in [0.2, 0.25) is 0 Å². The lowest BCUT2D eigenvalue weighted by Crippen LogP contribution is -2.20. The molecule has 1 aliphatic carbocycles. The lowest BCUT2D eigenvalue weighted by molar-refractivity contribution is 0.580. The molecular weight excluding hydrogens is 248 g/mol. The second-order valence-corrected chi connectivity index (χ2v) is 5.37. The third-order valence-electron chi connectivity index (χ3n) is 3.93. The van der Waals surface area contributed by atoms with Gasteiger partial charge in [-0.2, -0.15) is 0 Å². The Morgan fingerprint density at radius 3 is 2.75 bits per heavy atom. The fourth-order valence-electron chi connectivity index (χ4n) is 2.63. The molecule has 3 heteroatoms. The first-order chi connectivity index (χ1) is 9.83. The van der Waals surface area contributed by atoms with Crippen LogP contribution in [0.4, 0.5) is 5.69 Å². The summed E-state index contributed by atoms with van der Waals surface area (Å²) >= 11 is 0. The molecule has 0 spiro atoms. The molecule has 0 aliphatic heterocycles. The summed E-state index contributed by atoms with van der Waals surface area (Å²) in [5.74, 6) is 0.832. The average molecular weight is 264 g/mol. The van der Waals surface area contributed by atoms with Crippen molar-refractivity contribution in [2.75, 3.05) is 11.9 Å². The highest BCUT2D eigenvalue weighted by molar-refractivity contribution is 5.88. The minimum absolute atomic E-state index is 0.645. The van der Waals surface area contributed by atoms with Crippen molar-refractivity contribution in [2.45, 2.75) is 18.9 Å². The molecule has 3 nitrogen and oxygen atoms in total. The molecule has 0 unspecified atom stereocenters. The molecule has 100 valence electrons. The number of pyridine rings is 1. The first-order valence-electron chi connectivity index (χ1n) is 6.99. The van der Waals surface area contributed by atoms with E-state index < -0.39 is 0 Å². The normalized spacial score (nSPS) is 14.7. The Hall–Kier alpha value is -2.29. The van der Waals surface area contributed by atoms with Gasteiger partial charge in [0.05, 0.1) is 17.5 Å². The molecular formula is C17H16N2O.